The Labute approximate surface area is 129 Å². The van der Waals surface area contributed by atoms with Crippen molar-refractivity contribution in [2.75, 3.05) is 5.32 Å². The number of rotatable bonds is 2. The Balaban J connectivity index is 1.93. The van der Waals surface area contributed by atoms with Gasteiger partial charge in [-0.05, 0) is 18.2 Å². The number of thiazole rings is 1. The van der Waals surface area contributed by atoms with Crippen molar-refractivity contribution in [3.05, 3.63) is 58.9 Å². The number of hydrogen-bond acceptors (Lipinski definition) is 3. The van der Waals surface area contributed by atoms with Gasteiger partial charge in [0, 0.05) is 11.6 Å². The second-order valence-corrected chi connectivity index (χ2v) is 5.44. The molecule has 1 N–H and O–H groups in total. The van der Waals surface area contributed by atoms with Crippen molar-refractivity contribution >= 4 is 32.6 Å². The molecule has 0 aliphatic rings. The molecule has 0 aliphatic heterocycles. The SMILES string of the molecule is O=C(Nc1nc2cc(F)c(F)c(F)c2s1)c1ccc(F)c(F)c1. The molecular weight excluding hydrogens is 339 g/mol. The smallest absolute Gasteiger partial charge is 0.257 e. The summed E-state index contributed by atoms with van der Waals surface area (Å²) in [5.41, 5.74) is -0.368. The van der Waals surface area contributed by atoms with Crippen LogP contribution in [0, 0.1) is 29.1 Å². The van der Waals surface area contributed by atoms with Gasteiger partial charge in [0.15, 0.2) is 34.2 Å². The lowest BCUT2D eigenvalue weighted by Crippen LogP contribution is -2.12. The fourth-order valence-electron chi connectivity index (χ4n) is 1.84. The van der Waals surface area contributed by atoms with Crippen molar-refractivity contribution in [3.8, 4) is 0 Å². The summed E-state index contributed by atoms with van der Waals surface area (Å²) in [6.45, 7) is 0. The summed E-state index contributed by atoms with van der Waals surface area (Å²) < 4.78 is 65.5. The Bertz CT molecular complexity index is 941. The van der Waals surface area contributed by atoms with E-state index in [9.17, 15) is 26.7 Å². The topological polar surface area (TPSA) is 42.0 Å². The first kappa shape index (κ1) is 15.3. The van der Waals surface area contributed by atoms with Crippen molar-refractivity contribution in [2.24, 2.45) is 0 Å². The molecule has 3 rings (SSSR count). The van der Waals surface area contributed by atoms with Crippen molar-refractivity contribution in [2.45, 2.75) is 0 Å². The van der Waals surface area contributed by atoms with Crippen LogP contribution in [0.25, 0.3) is 10.2 Å². The third-order valence-electron chi connectivity index (χ3n) is 2.92. The molecule has 3 nitrogen and oxygen atoms in total. The number of halogens is 5. The summed E-state index contributed by atoms with van der Waals surface area (Å²) in [5.74, 6) is -7.61. The van der Waals surface area contributed by atoms with Gasteiger partial charge in [-0.3, -0.25) is 10.1 Å². The van der Waals surface area contributed by atoms with Crippen molar-refractivity contribution < 1.29 is 26.7 Å². The second-order valence-electron chi connectivity index (χ2n) is 4.44. The van der Waals surface area contributed by atoms with Gasteiger partial charge in [0.25, 0.3) is 5.91 Å². The van der Waals surface area contributed by atoms with Crippen molar-refractivity contribution in [1.29, 1.82) is 0 Å². The van der Waals surface area contributed by atoms with Crippen molar-refractivity contribution in [3.63, 3.8) is 0 Å². The standard InChI is InChI=1S/C14H5F5N2OS/c15-6-2-1-5(3-7(6)16)13(22)21-14-20-9-4-8(17)10(18)11(19)12(9)23-14/h1-4H,(H,20,21,22). The molecule has 23 heavy (non-hydrogen) atoms. The molecule has 0 atom stereocenters. The van der Waals surface area contributed by atoms with Crippen LogP contribution in [0.3, 0.4) is 0 Å². The lowest BCUT2D eigenvalue weighted by molar-refractivity contribution is 0.102. The summed E-state index contributed by atoms with van der Waals surface area (Å²) in [7, 11) is 0. The predicted molar refractivity (Wildman–Crippen MR) is 73.8 cm³/mol. The van der Waals surface area contributed by atoms with E-state index < -0.39 is 35.0 Å². The van der Waals surface area contributed by atoms with Crippen LogP contribution in [0.5, 0.6) is 0 Å². The zero-order chi connectivity index (χ0) is 16.7. The van der Waals surface area contributed by atoms with Gasteiger partial charge in [-0.15, -0.1) is 0 Å². The summed E-state index contributed by atoms with van der Waals surface area (Å²) in [4.78, 5) is 15.7. The molecule has 0 saturated heterocycles. The molecule has 2 aromatic carbocycles. The Morgan fingerprint density at radius 3 is 2.39 bits per heavy atom. The number of hydrogen-bond donors (Lipinski definition) is 1. The molecule has 1 heterocycles. The molecule has 9 heteroatoms. The van der Waals surface area contributed by atoms with E-state index in [2.05, 4.69) is 10.3 Å². The molecule has 0 saturated carbocycles. The van der Waals surface area contributed by atoms with E-state index in [4.69, 9.17) is 0 Å². The van der Waals surface area contributed by atoms with Gasteiger partial charge in [-0.2, -0.15) is 0 Å². The van der Waals surface area contributed by atoms with Gasteiger partial charge >= 0.3 is 0 Å². The predicted octanol–water partition coefficient (Wildman–Crippen LogP) is 4.24. The number of fused-ring (bicyclic) bond motifs is 1. The van der Waals surface area contributed by atoms with Crippen LogP contribution in [-0.2, 0) is 0 Å². The zero-order valence-corrected chi connectivity index (χ0v) is 11.8. The van der Waals surface area contributed by atoms with Crippen LogP contribution in [0.4, 0.5) is 27.1 Å². The van der Waals surface area contributed by atoms with Gasteiger partial charge in [-0.25, -0.2) is 26.9 Å². The quantitative estimate of drug-likeness (QED) is 0.558. The molecule has 0 spiro atoms. The van der Waals surface area contributed by atoms with E-state index in [-0.39, 0.29) is 20.9 Å². The van der Waals surface area contributed by atoms with E-state index in [0.717, 1.165) is 12.1 Å². The van der Waals surface area contributed by atoms with Gasteiger partial charge in [-0.1, -0.05) is 11.3 Å². The van der Waals surface area contributed by atoms with Crippen molar-refractivity contribution in [1.82, 2.24) is 4.98 Å². The van der Waals surface area contributed by atoms with E-state index in [0.29, 0.717) is 23.5 Å². The number of carbonyl (C=O) groups is 1. The fourth-order valence-corrected chi connectivity index (χ4v) is 2.70. The first-order valence-corrected chi connectivity index (χ1v) is 6.89. The molecule has 0 bridgehead atoms. The number of nitrogens with one attached hydrogen (secondary N) is 1. The first-order chi connectivity index (χ1) is 10.9. The lowest BCUT2D eigenvalue weighted by Gasteiger charge is -2.01. The zero-order valence-electron chi connectivity index (χ0n) is 11.0. The first-order valence-electron chi connectivity index (χ1n) is 6.07. The monoisotopic (exact) mass is 344 g/mol. The third-order valence-corrected chi connectivity index (χ3v) is 3.90. The van der Waals surface area contributed by atoms with E-state index in [1.165, 1.54) is 0 Å². The minimum atomic E-state index is -1.64. The minimum absolute atomic E-state index is 0.140. The second kappa shape index (κ2) is 5.58. The maximum Gasteiger partial charge on any atom is 0.257 e. The summed E-state index contributed by atoms with van der Waals surface area (Å²) >= 11 is 0.585. The molecule has 0 radical (unpaired) electrons. The van der Waals surface area contributed by atoms with Gasteiger partial charge in [0.05, 0.1) is 10.2 Å². The highest BCUT2D eigenvalue weighted by molar-refractivity contribution is 7.22. The molecule has 0 unspecified atom stereocenters. The summed E-state index contributed by atoms with van der Waals surface area (Å²) in [6, 6.07) is 3.18. The van der Waals surface area contributed by atoms with E-state index >= 15 is 0 Å². The maximum atomic E-state index is 13.6. The summed E-state index contributed by atoms with van der Waals surface area (Å²) in [6.07, 6.45) is 0. The number of nitrogens with zero attached hydrogens (tertiary/aromatic N) is 1. The van der Waals surface area contributed by atoms with Gasteiger partial charge < -0.3 is 0 Å². The molecular formula is C14H5F5N2OS. The highest BCUT2D eigenvalue weighted by Crippen LogP contribution is 2.31. The number of carbonyl (C=O) groups excluding carboxylic acids is 1. The minimum Gasteiger partial charge on any atom is -0.298 e. The van der Waals surface area contributed by atoms with Crippen LogP contribution < -0.4 is 5.32 Å². The molecule has 1 amide bonds. The van der Waals surface area contributed by atoms with Crippen LogP contribution in [0.15, 0.2) is 24.3 Å². The van der Waals surface area contributed by atoms with Gasteiger partial charge in [0.2, 0.25) is 0 Å². The summed E-state index contributed by atoms with van der Waals surface area (Å²) in [5, 5.41) is 2.09. The van der Waals surface area contributed by atoms with Crippen LogP contribution >= 0.6 is 11.3 Å². The number of aromatic nitrogens is 1. The Kier molecular flexibility index (Phi) is 3.72. The maximum absolute atomic E-state index is 13.6. The third kappa shape index (κ3) is 2.74. The van der Waals surface area contributed by atoms with Crippen LogP contribution in [0.2, 0.25) is 0 Å². The molecule has 3 aromatic rings. The number of benzene rings is 2. The Morgan fingerprint density at radius 1 is 0.957 bits per heavy atom. The van der Waals surface area contributed by atoms with Gasteiger partial charge in [0.1, 0.15) is 0 Å². The van der Waals surface area contributed by atoms with Crippen LogP contribution in [-0.4, -0.2) is 10.9 Å². The lowest BCUT2D eigenvalue weighted by atomic mass is 10.2. The molecule has 0 fully saturated rings. The van der Waals surface area contributed by atoms with E-state index in [1.54, 1.807) is 0 Å². The van der Waals surface area contributed by atoms with E-state index in [1.807, 2.05) is 0 Å². The Hall–Kier alpha value is -2.55. The molecule has 0 aliphatic carbocycles. The van der Waals surface area contributed by atoms with Crippen LogP contribution in [0.1, 0.15) is 10.4 Å². The molecule has 118 valence electrons. The highest BCUT2D eigenvalue weighted by Gasteiger charge is 2.19. The molecule has 1 aromatic heterocycles. The largest absolute Gasteiger partial charge is 0.298 e. The average molecular weight is 344 g/mol. The number of anilines is 1. The average Bonchev–Trinajstić information content (AvgIpc) is 2.90. The number of amides is 1. The Morgan fingerprint density at radius 2 is 1.70 bits per heavy atom. The normalized spacial score (nSPS) is 11.0. The fraction of sp³-hybridized carbons (Fsp3) is 0. The highest BCUT2D eigenvalue weighted by atomic mass is 32.1.